The van der Waals surface area contributed by atoms with Gasteiger partial charge in [-0.15, -0.1) is 0 Å². The third-order valence-electron chi connectivity index (χ3n) is 4.61. The molecule has 2 N–H and O–H groups in total. The van der Waals surface area contributed by atoms with E-state index in [4.69, 9.17) is 0 Å². The van der Waals surface area contributed by atoms with Gasteiger partial charge in [-0.1, -0.05) is 0 Å². The largest absolute Gasteiger partial charge is 0.350 e. The molecule has 134 valence electrons. The number of fused-ring (bicyclic) bond motifs is 1. The molecule has 1 aliphatic rings. The molecule has 1 aliphatic heterocycles. The Kier molecular flexibility index (Phi) is 4.65. The quantitative estimate of drug-likeness (QED) is 0.886. The zero-order valence-electron chi connectivity index (χ0n) is 14.7. The van der Waals surface area contributed by atoms with Crippen LogP contribution >= 0.6 is 0 Å². The van der Waals surface area contributed by atoms with Gasteiger partial charge >= 0.3 is 6.03 Å². The molecule has 0 bridgehead atoms. The van der Waals surface area contributed by atoms with Crippen molar-refractivity contribution in [2.75, 3.05) is 13.6 Å². The number of likely N-dealkylation sites (N-methyl/N-ethyl adjacent to an activating group) is 1. The van der Waals surface area contributed by atoms with Crippen LogP contribution in [0.25, 0.3) is 10.9 Å². The highest BCUT2D eigenvalue weighted by Gasteiger charge is 2.28. The number of likely N-dealkylation sites (tertiary alicyclic amines) is 1. The number of carbonyl (C=O) groups is 2. The Bertz CT molecular complexity index is 817. The zero-order valence-corrected chi connectivity index (χ0v) is 14.7. The maximum absolute atomic E-state index is 13.5. The Morgan fingerprint density at radius 2 is 2.16 bits per heavy atom. The number of halogens is 1. The lowest BCUT2D eigenvalue weighted by molar-refractivity contribution is -0.126. The molecule has 6 nitrogen and oxygen atoms in total. The average molecular weight is 346 g/mol. The maximum atomic E-state index is 13.5. The van der Waals surface area contributed by atoms with Crippen molar-refractivity contribution in [3.8, 4) is 0 Å². The number of aryl methyl sites for hydroxylation is 1. The smallest absolute Gasteiger partial charge is 0.315 e. The molecular weight excluding hydrogens is 323 g/mol. The average Bonchev–Trinajstić information content (AvgIpc) is 2.98. The first-order chi connectivity index (χ1) is 11.8. The maximum Gasteiger partial charge on any atom is 0.315 e. The van der Waals surface area contributed by atoms with Crippen molar-refractivity contribution in [3.63, 3.8) is 0 Å². The van der Waals surface area contributed by atoms with Crippen LogP contribution in [0.1, 0.15) is 18.9 Å². The molecule has 0 aliphatic carbocycles. The number of aromatic nitrogens is 1. The molecule has 0 spiro atoms. The summed E-state index contributed by atoms with van der Waals surface area (Å²) in [6.07, 6.45) is 2.89. The van der Waals surface area contributed by atoms with Crippen LogP contribution in [-0.2, 0) is 18.3 Å². The molecule has 2 aromatic rings. The highest BCUT2D eigenvalue weighted by atomic mass is 19.1. The minimum Gasteiger partial charge on any atom is -0.350 e. The van der Waals surface area contributed by atoms with Gasteiger partial charge in [-0.2, -0.15) is 0 Å². The Balaban J connectivity index is 1.61. The van der Waals surface area contributed by atoms with Gasteiger partial charge in [-0.3, -0.25) is 4.79 Å². The zero-order chi connectivity index (χ0) is 18.1. The summed E-state index contributed by atoms with van der Waals surface area (Å²) in [5, 5.41) is 6.58. The predicted octanol–water partition coefficient (Wildman–Crippen LogP) is 1.78. The van der Waals surface area contributed by atoms with Crippen LogP contribution in [0.3, 0.4) is 0 Å². The first-order valence-corrected chi connectivity index (χ1v) is 8.38. The van der Waals surface area contributed by atoms with Gasteiger partial charge in [0.1, 0.15) is 5.82 Å². The predicted molar refractivity (Wildman–Crippen MR) is 93.8 cm³/mol. The van der Waals surface area contributed by atoms with Gasteiger partial charge in [0.25, 0.3) is 0 Å². The van der Waals surface area contributed by atoms with E-state index in [-0.39, 0.29) is 29.8 Å². The van der Waals surface area contributed by atoms with Gasteiger partial charge in [-0.25, -0.2) is 9.18 Å². The van der Waals surface area contributed by atoms with Crippen molar-refractivity contribution in [2.45, 2.75) is 31.8 Å². The Morgan fingerprint density at radius 1 is 1.40 bits per heavy atom. The van der Waals surface area contributed by atoms with Gasteiger partial charge in [0, 0.05) is 50.2 Å². The fraction of sp³-hybridized carbons (Fsp3) is 0.444. The highest BCUT2D eigenvalue weighted by Crippen LogP contribution is 2.23. The standard InChI is InChI=1S/C18H23FN4O2/c1-11(20-18(25)21-14-8-17(24)23(3)10-14)6-12-9-22(2)16-5-4-13(19)7-15(12)16/h4-5,7,9,11,14H,6,8,10H2,1-3H3,(H2,20,21,25)/t11?,14-/m0/s1. The first kappa shape index (κ1) is 17.3. The fourth-order valence-corrected chi connectivity index (χ4v) is 3.40. The third-order valence-corrected chi connectivity index (χ3v) is 4.61. The second-order valence-corrected chi connectivity index (χ2v) is 6.82. The van der Waals surface area contributed by atoms with Crippen molar-refractivity contribution in [2.24, 2.45) is 7.05 Å². The van der Waals surface area contributed by atoms with Crippen LogP contribution < -0.4 is 10.6 Å². The molecule has 7 heteroatoms. The number of urea groups is 1. The summed E-state index contributed by atoms with van der Waals surface area (Å²) in [6.45, 7) is 2.44. The Labute approximate surface area is 146 Å². The van der Waals surface area contributed by atoms with Crippen molar-refractivity contribution in [1.82, 2.24) is 20.1 Å². The van der Waals surface area contributed by atoms with Crippen LogP contribution in [0.15, 0.2) is 24.4 Å². The van der Waals surface area contributed by atoms with Gasteiger partial charge < -0.3 is 20.1 Å². The van der Waals surface area contributed by atoms with Crippen molar-refractivity contribution in [3.05, 3.63) is 35.8 Å². The number of amides is 3. The van der Waals surface area contributed by atoms with Gasteiger partial charge in [0.15, 0.2) is 0 Å². The number of nitrogens with one attached hydrogen (secondary N) is 2. The van der Waals surface area contributed by atoms with Crippen LogP contribution in [0.5, 0.6) is 0 Å². The SMILES string of the molecule is CC(Cc1cn(C)c2ccc(F)cc12)NC(=O)N[C@H]1CC(=O)N(C)C1. The molecule has 0 radical (unpaired) electrons. The summed E-state index contributed by atoms with van der Waals surface area (Å²) in [6, 6.07) is 4.16. The van der Waals surface area contributed by atoms with Crippen LogP contribution in [-0.4, -0.2) is 47.1 Å². The van der Waals surface area contributed by atoms with Crippen molar-refractivity contribution >= 4 is 22.8 Å². The summed E-state index contributed by atoms with van der Waals surface area (Å²) >= 11 is 0. The molecule has 3 amide bonds. The molecule has 1 fully saturated rings. The highest BCUT2D eigenvalue weighted by molar-refractivity contribution is 5.84. The lowest BCUT2D eigenvalue weighted by Gasteiger charge is -2.17. The van der Waals surface area contributed by atoms with E-state index in [1.54, 1.807) is 18.0 Å². The molecular formula is C18H23FN4O2. The number of benzene rings is 1. The lowest BCUT2D eigenvalue weighted by atomic mass is 10.1. The van der Waals surface area contributed by atoms with E-state index in [1.165, 1.54) is 12.1 Å². The summed E-state index contributed by atoms with van der Waals surface area (Å²) in [7, 11) is 3.65. The number of nitrogens with zero attached hydrogens (tertiary/aromatic N) is 2. The van der Waals surface area contributed by atoms with E-state index in [2.05, 4.69) is 10.6 Å². The fourth-order valence-electron chi connectivity index (χ4n) is 3.40. The summed E-state index contributed by atoms with van der Waals surface area (Å²) in [5.74, 6) is -0.232. The van der Waals surface area contributed by atoms with E-state index in [9.17, 15) is 14.0 Å². The van der Waals surface area contributed by atoms with Crippen molar-refractivity contribution < 1.29 is 14.0 Å². The molecule has 25 heavy (non-hydrogen) atoms. The molecule has 2 atom stereocenters. The molecule has 1 aromatic heterocycles. The Morgan fingerprint density at radius 3 is 2.84 bits per heavy atom. The molecule has 3 rings (SSSR count). The van der Waals surface area contributed by atoms with E-state index in [0.29, 0.717) is 19.4 Å². The Hall–Kier alpha value is -2.57. The van der Waals surface area contributed by atoms with Gasteiger partial charge in [0.2, 0.25) is 5.91 Å². The van der Waals surface area contributed by atoms with Crippen molar-refractivity contribution in [1.29, 1.82) is 0 Å². The molecule has 1 aromatic carbocycles. The lowest BCUT2D eigenvalue weighted by Crippen LogP contribution is -2.46. The molecule has 0 saturated carbocycles. The van der Waals surface area contributed by atoms with E-state index in [0.717, 1.165) is 16.5 Å². The second kappa shape index (κ2) is 6.74. The first-order valence-electron chi connectivity index (χ1n) is 8.38. The summed E-state index contributed by atoms with van der Waals surface area (Å²) in [4.78, 5) is 25.2. The topological polar surface area (TPSA) is 66.4 Å². The van der Waals surface area contributed by atoms with Crippen LogP contribution in [0.2, 0.25) is 0 Å². The minimum absolute atomic E-state index is 0.0381. The number of rotatable bonds is 4. The van der Waals surface area contributed by atoms with E-state index in [1.807, 2.05) is 24.7 Å². The number of carbonyl (C=O) groups excluding carboxylic acids is 2. The normalized spacial score (nSPS) is 18.6. The second-order valence-electron chi connectivity index (χ2n) is 6.82. The van der Waals surface area contributed by atoms with Crippen LogP contribution in [0, 0.1) is 5.82 Å². The summed E-state index contributed by atoms with van der Waals surface area (Å²) < 4.78 is 15.5. The third kappa shape index (κ3) is 3.75. The van der Waals surface area contributed by atoms with Gasteiger partial charge in [-0.05, 0) is 37.1 Å². The minimum atomic E-state index is -0.285. The van der Waals surface area contributed by atoms with E-state index >= 15 is 0 Å². The number of hydrogen-bond donors (Lipinski definition) is 2. The molecule has 2 heterocycles. The summed E-state index contributed by atoms with van der Waals surface area (Å²) in [5.41, 5.74) is 1.95. The van der Waals surface area contributed by atoms with Gasteiger partial charge in [0.05, 0.1) is 6.04 Å². The van der Waals surface area contributed by atoms with Crippen LogP contribution in [0.4, 0.5) is 9.18 Å². The van der Waals surface area contributed by atoms with E-state index < -0.39 is 0 Å². The molecule has 1 unspecified atom stereocenters. The monoisotopic (exact) mass is 346 g/mol. The number of hydrogen-bond acceptors (Lipinski definition) is 2. The molecule has 1 saturated heterocycles.